The number of benzene rings is 2. The molecular formula is C17H12N2O2. The molecule has 4 nitrogen and oxygen atoms in total. The summed E-state index contributed by atoms with van der Waals surface area (Å²) in [5.74, 6) is 5.00. The van der Waals surface area contributed by atoms with Gasteiger partial charge < -0.3 is 10.4 Å². The van der Waals surface area contributed by atoms with Crippen LogP contribution in [0.2, 0.25) is 0 Å². The smallest absolute Gasteiger partial charge is 0.255 e. The van der Waals surface area contributed by atoms with Crippen molar-refractivity contribution in [2.24, 2.45) is 0 Å². The number of nitrogens with zero attached hydrogens (tertiary/aromatic N) is 1. The molecule has 102 valence electrons. The summed E-state index contributed by atoms with van der Waals surface area (Å²) in [6, 6.07) is 15.5. The monoisotopic (exact) mass is 276 g/mol. The minimum absolute atomic E-state index is 0.225. The standard InChI is InChI=1S/C17H12N2O2/c18-12-14-5-2-8-16(11-14)19-17(21)15-7-1-4-13(10-15)6-3-9-20/h1-2,4-5,7-8,10-11,20H,9H2,(H,19,21). The Morgan fingerprint density at radius 3 is 2.67 bits per heavy atom. The predicted octanol–water partition coefficient (Wildman–Crippen LogP) is 2.15. The van der Waals surface area contributed by atoms with Crippen molar-refractivity contribution in [3.8, 4) is 17.9 Å². The Hall–Kier alpha value is -3.08. The van der Waals surface area contributed by atoms with Gasteiger partial charge in [-0.05, 0) is 36.4 Å². The van der Waals surface area contributed by atoms with E-state index in [2.05, 4.69) is 17.2 Å². The van der Waals surface area contributed by atoms with Crippen molar-refractivity contribution < 1.29 is 9.90 Å². The van der Waals surface area contributed by atoms with Gasteiger partial charge in [0.25, 0.3) is 5.91 Å². The number of nitriles is 1. The number of rotatable bonds is 2. The maximum absolute atomic E-state index is 12.1. The zero-order valence-corrected chi connectivity index (χ0v) is 11.1. The number of hydrogen-bond acceptors (Lipinski definition) is 3. The summed E-state index contributed by atoms with van der Waals surface area (Å²) < 4.78 is 0. The molecule has 4 heteroatoms. The van der Waals surface area contributed by atoms with Gasteiger partial charge >= 0.3 is 0 Å². The van der Waals surface area contributed by atoms with Crippen molar-refractivity contribution in [3.05, 3.63) is 65.2 Å². The lowest BCUT2D eigenvalue weighted by Crippen LogP contribution is -2.12. The van der Waals surface area contributed by atoms with E-state index in [1.807, 2.05) is 6.07 Å². The summed E-state index contributed by atoms with van der Waals surface area (Å²) in [5.41, 5.74) is 2.16. The summed E-state index contributed by atoms with van der Waals surface area (Å²) in [6.45, 7) is -0.225. The Bertz CT molecular complexity index is 764. The molecule has 0 saturated carbocycles. The summed E-state index contributed by atoms with van der Waals surface area (Å²) in [6.07, 6.45) is 0. The lowest BCUT2D eigenvalue weighted by Gasteiger charge is -2.05. The predicted molar refractivity (Wildman–Crippen MR) is 79.5 cm³/mol. The van der Waals surface area contributed by atoms with Crippen LogP contribution in [0.15, 0.2) is 48.5 Å². The Morgan fingerprint density at radius 2 is 1.90 bits per heavy atom. The molecule has 0 aliphatic rings. The third kappa shape index (κ3) is 3.94. The first-order chi connectivity index (χ1) is 10.2. The molecule has 0 spiro atoms. The molecule has 0 fully saturated rings. The zero-order valence-electron chi connectivity index (χ0n) is 11.1. The number of aliphatic hydroxyl groups is 1. The molecule has 0 unspecified atom stereocenters. The van der Waals surface area contributed by atoms with Gasteiger partial charge in [-0.15, -0.1) is 0 Å². The quantitative estimate of drug-likeness (QED) is 0.825. The van der Waals surface area contributed by atoms with Crippen LogP contribution < -0.4 is 5.32 Å². The lowest BCUT2D eigenvalue weighted by molar-refractivity contribution is 0.102. The van der Waals surface area contributed by atoms with Crippen LogP contribution in [-0.2, 0) is 0 Å². The fourth-order valence-electron chi connectivity index (χ4n) is 1.75. The molecule has 2 aromatic carbocycles. The number of carbonyl (C=O) groups is 1. The van der Waals surface area contributed by atoms with Crippen LogP contribution in [0.3, 0.4) is 0 Å². The molecule has 2 N–H and O–H groups in total. The first kappa shape index (κ1) is 14.3. The Labute approximate surface area is 122 Å². The van der Waals surface area contributed by atoms with Crippen molar-refractivity contribution in [2.45, 2.75) is 0 Å². The van der Waals surface area contributed by atoms with E-state index in [1.165, 1.54) is 0 Å². The van der Waals surface area contributed by atoms with Gasteiger partial charge in [0.2, 0.25) is 0 Å². The second-order valence-electron chi connectivity index (χ2n) is 4.19. The maximum atomic E-state index is 12.1. The molecule has 2 rings (SSSR count). The molecule has 0 heterocycles. The van der Waals surface area contributed by atoms with E-state index in [0.29, 0.717) is 22.4 Å². The fraction of sp³-hybridized carbons (Fsp3) is 0.0588. The highest BCUT2D eigenvalue weighted by molar-refractivity contribution is 6.04. The van der Waals surface area contributed by atoms with Crippen LogP contribution in [0.25, 0.3) is 0 Å². The van der Waals surface area contributed by atoms with E-state index in [1.54, 1.807) is 48.5 Å². The molecular weight excluding hydrogens is 264 g/mol. The number of carbonyl (C=O) groups excluding carboxylic acids is 1. The van der Waals surface area contributed by atoms with E-state index in [4.69, 9.17) is 10.4 Å². The van der Waals surface area contributed by atoms with Crippen molar-refractivity contribution in [1.82, 2.24) is 0 Å². The van der Waals surface area contributed by atoms with Crippen LogP contribution in [0.5, 0.6) is 0 Å². The van der Waals surface area contributed by atoms with E-state index < -0.39 is 0 Å². The summed E-state index contributed by atoms with van der Waals surface area (Å²) in [4.78, 5) is 12.1. The van der Waals surface area contributed by atoms with Gasteiger partial charge in [0, 0.05) is 16.8 Å². The van der Waals surface area contributed by atoms with Gasteiger partial charge in [0.15, 0.2) is 0 Å². The van der Waals surface area contributed by atoms with Crippen LogP contribution in [0, 0.1) is 23.2 Å². The zero-order chi connectivity index (χ0) is 15.1. The first-order valence-electron chi connectivity index (χ1n) is 6.24. The molecule has 1 amide bonds. The van der Waals surface area contributed by atoms with Gasteiger partial charge in [0.1, 0.15) is 6.61 Å². The van der Waals surface area contributed by atoms with Crippen molar-refractivity contribution in [2.75, 3.05) is 11.9 Å². The first-order valence-corrected chi connectivity index (χ1v) is 6.24. The van der Waals surface area contributed by atoms with Gasteiger partial charge in [-0.25, -0.2) is 0 Å². The Balaban J connectivity index is 2.18. The molecule has 0 bridgehead atoms. The molecule has 0 saturated heterocycles. The van der Waals surface area contributed by atoms with Crippen LogP contribution in [0.1, 0.15) is 21.5 Å². The summed E-state index contributed by atoms with van der Waals surface area (Å²) in [5, 5.41) is 20.2. The number of amides is 1. The molecule has 0 atom stereocenters. The normalized spacial score (nSPS) is 9.14. The second kappa shape index (κ2) is 6.91. The molecule has 0 aromatic heterocycles. The Kier molecular flexibility index (Phi) is 4.71. The van der Waals surface area contributed by atoms with E-state index in [9.17, 15) is 4.79 Å². The number of hydrogen-bond donors (Lipinski definition) is 2. The average molecular weight is 276 g/mol. The van der Waals surface area contributed by atoms with Gasteiger partial charge in [-0.1, -0.05) is 24.0 Å². The highest BCUT2D eigenvalue weighted by Crippen LogP contribution is 2.12. The fourth-order valence-corrected chi connectivity index (χ4v) is 1.75. The van der Waals surface area contributed by atoms with Gasteiger partial charge in [-0.2, -0.15) is 5.26 Å². The van der Waals surface area contributed by atoms with E-state index in [-0.39, 0.29) is 12.5 Å². The Morgan fingerprint density at radius 1 is 1.14 bits per heavy atom. The molecule has 0 radical (unpaired) electrons. The highest BCUT2D eigenvalue weighted by atomic mass is 16.2. The van der Waals surface area contributed by atoms with Crippen molar-refractivity contribution in [3.63, 3.8) is 0 Å². The van der Waals surface area contributed by atoms with Gasteiger partial charge in [-0.3, -0.25) is 4.79 Å². The molecule has 2 aromatic rings. The minimum Gasteiger partial charge on any atom is -0.384 e. The largest absolute Gasteiger partial charge is 0.384 e. The summed E-state index contributed by atoms with van der Waals surface area (Å²) in [7, 11) is 0. The lowest BCUT2D eigenvalue weighted by atomic mass is 10.1. The molecule has 0 aliphatic carbocycles. The molecule has 21 heavy (non-hydrogen) atoms. The topological polar surface area (TPSA) is 73.1 Å². The van der Waals surface area contributed by atoms with Crippen LogP contribution in [-0.4, -0.2) is 17.6 Å². The van der Waals surface area contributed by atoms with Gasteiger partial charge in [0.05, 0.1) is 11.6 Å². The van der Waals surface area contributed by atoms with E-state index in [0.717, 1.165) is 0 Å². The number of aliphatic hydroxyl groups excluding tert-OH is 1. The minimum atomic E-state index is -0.280. The third-order valence-corrected chi connectivity index (χ3v) is 2.69. The van der Waals surface area contributed by atoms with Crippen molar-refractivity contribution >= 4 is 11.6 Å². The number of nitrogens with one attached hydrogen (secondary N) is 1. The third-order valence-electron chi connectivity index (χ3n) is 2.69. The average Bonchev–Trinajstić information content (AvgIpc) is 2.53. The maximum Gasteiger partial charge on any atom is 0.255 e. The molecule has 0 aliphatic heterocycles. The van der Waals surface area contributed by atoms with Crippen molar-refractivity contribution in [1.29, 1.82) is 5.26 Å². The number of anilines is 1. The van der Waals surface area contributed by atoms with E-state index >= 15 is 0 Å². The second-order valence-corrected chi connectivity index (χ2v) is 4.19. The summed E-state index contributed by atoms with van der Waals surface area (Å²) >= 11 is 0. The highest BCUT2D eigenvalue weighted by Gasteiger charge is 2.06. The SMILES string of the molecule is N#Cc1cccc(NC(=O)c2cccc(C#CCO)c2)c1. The van der Waals surface area contributed by atoms with Crippen LogP contribution >= 0.6 is 0 Å². The van der Waals surface area contributed by atoms with Crippen LogP contribution in [0.4, 0.5) is 5.69 Å².